The van der Waals surface area contributed by atoms with E-state index in [9.17, 15) is 0 Å². The van der Waals surface area contributed by atoms with E-state index in [4.69, 9.17) is 5.73 Å². The molecule has 3 nitrogen and oxygen atoms in total. The summed E-state index contributed by atoms with van der Waals surface area (Å²) in [5.74, 6) is 0. The zero-order chi connectivity index (χ0) is 10.3. The van der Waals surface area contributed by atoms with Crippen molar-refractivity contribution in [2.75, 3.05) is 18.0 Å². The van der Waals surface area contributed by atoms with Crippen LogP contribution in [0.25, 0.3) is 10.2 Å². The molecule has 3 rings (SSSR count). The van der Waals surface area contributed by atoms with E-state index < -0.39 is 0 Å². The number of fused-ring (bicyclic) bond motifs is 1. The van der Waals surface area contributed by atoms with E-state index in [2.05, 4.69) is 28.1 Å². The van der Waals surface area contributed by atoms with Gasteiger partial charge in [0.1, 0.15) is 0 Å². The topological polar surface area (TPSA) is 42.1 Å². The highest BCUT2D eigenvalue weighted by Gasteiger charge is 2.21. The number of aromatic nitrogens is 1. The minimum Gasteiger partial charge on any atom is -0.346 e. The molecule has 0 saturated carbocycles. The van der Waals surface area contributed by atoms with Crippen molar-refractivity contribution in [3.05, 3.63) is 24.3 Å². The summed E-state index contributed by atoms with van der Waals surface area (Å²) in [6.07, 6.45) is 1.08. The number of nitrogens with two attached hydrogens (primary N) is 1. The molecule has 1 aromatic heterocycles. The molecular formula is C11H14ClN3S. The van der Waals surface area contributed by atoms with Crippen LogP contribution < -0.4 is 10.6 Å². The zero-order valence-corrected chi connectivity index (χ0v) is 10.4. The van der Waals surface area contributed by atoms with Gasteiger partial charge in [0.05, 0.1) is 10.2 Å². The first-order chi connectivity index (χ1) is 7.33. The summed E-state index contributed by atoms with van der Waals surface area (Å²) < 4.78 is 1.26. The Morgan fingerprint density at radius 2 is 2.19 bits per heavy atom. The lowest BCUT2D eigenvalue weighted by molar-refractivity contribution is 0.752. The van der Waals surface area contributed by atoms with Gasteiger partial charge < -0.3 is 10.6 Å². The first-order valence-corrected chi connectivity index (χ1v) is 6.01. The Morgan fingerprint density at radius 1 is 1.38 bits per heavy atom. The van der Waals surface area contributed by atoms with Crippen molar-refractivity contribution >= 4 is 39.1 Å². The van der Waals surface area contributed by atoms with Crippen LogP contribution in [0.3, 0.4) is 0 Å². The number of para-hydroxylation sites is 1. The van der Waals surface area contributed by atoms with Gasteiger partial charge in [-0.15, -0.1) is 12.4 Å². The lowest BCUT2D eigenvalue weighted by Gasteiger charge is -2.12. The fourth-order valence-corrected chi connectivity index (χ4v) is 2.96. The fraction of sp³-hybridized carbons (Fsp3) is 0.364. The molecule has 1 atom stereocenters. The Kier molecular flexibility index (Phi) is 3.33. The van der Waals surface area contributed by atoms with E-state index >= 15 is 0 Å². The van der Waals surface area contributed by atoms with Crippen molar-refractivity contribution in [2.24, 2.45) is 5.73 Å². The molecule has 2 heterocycles. The highest BCUT2D eigenvalue weighted by atomic mass is 35.5. The van der Waals surface area contributed by atoms with Gasteiger partial charge in [0.15, 0.2) is 5.13 Å². The van der Waals surface area contributed by atoms with Gasteiger partial charge in [-0.25, -0.2) is 4.98 Å². The molecular weight excluding hydrogens is 242 g/mol. The summed E-state index contributed by atoms with van der Waals surface area (Å²) in [5.41, 5.74) is 6.99. The number of halogens is 1. The van der Waals surface area contributed by atoms with Crippen LogP contribution in [0.4, 0.5) is 5.13 Å². The predicted molar refractivity (Wildman–Crippen MR) is 71.7 cm³/mol. The molecule has 0 bridgehead atoms. The number of thiazole rings is 1. The maximum atomic E-state index is 5.89. The number of nitrogens with zero attached hydrogens (tertiary/aromatic N) is 2. The SMILES string of the molecule is Cl.NC1CCN(c2nc3ccccc3s2)C1. The largest absolute Gasteiger partial charge is 0.346 e. The molecule has 0 radical (unpaired) electrons. The van der Waals surface area contributed by atoms with Crippen molar-refractivity contribution in [3.8, 4) is 0 Å². The van der Waals surface area contributed by atoms with Crippen molar-refractivity contribution in [1.29, 1.82) is 0 Å². The van der Waals surface area contributed by atoms with Gasteiger partial charge in [-0.2, -0.15) is 0 Å². The van der Waals surface area contributed by atoms with Crippen LogP contribution in [-0.2, 0) is 0 Å². The fourth-order valence-electron chi connectivity index (χ4n) is 1.96. The molecule has 0 aliphatic carbocycles. The Bertz CT molecular complexity index is 452. The van der Waals surface area contributed by atoms with Gasteiger partial charge in [-0.1, -0.05) is 23.5 Å². The second-order valence-corrected chi connectivity index (χ2v) is 4.97. The number of rotatable bonds is 1. The molecule has 1 aliphatic rings. The first-order valence-electron chi connectivity index (χ1n) is 5.19. The Labute approximate surface area is 105 Å². The maximum absolute atomic E-state index is 5.89. The molecule has 0 amide bonds. The molecule has 2 aromatic rings. The molecule has 1 fully saturated rings. The Balaban J connectivity index is 0.000000963. The normalized spacial score (nSPS) is 20.1. The summed E-state index contributed by atoms with van der Waals surface area (Å²) in [4.78, 5) is 6.91. The van der Waals surface area contributed by atoms with Gasteiger partial charge in [0.2, 0.25) is 0 Å². The number of hydrogen-bond acceptors (Lipinski definition) is 4. The van der Waals surface area contributed by atoms with Crippen molar-refractivity contribution in [2.45, 2.75) is 12.5 Å². The first kappa shape index (κ1) is 11.6. The van der Waals surface area contributed by atoms with E-state index in [1.807, 2.05) is 6.07 Å². The van der Waals surface area contributed by atoms with Gasteiger partial charge >= 0.3 is 0 Å². The van der Waals surface area contributed by atoms with Gasteiger partial charge in [0, 0.05) is 19.1 Å². The molecule has 5 heteroatoms. The summed E-state index contributed by atoms with van der Waals surface area (Å²) in [6, 6.07) is 8.58. The van der Waals surface area contributed by atoms with Crippen LogP contribution in [-0.4, -0.2) is 24.1 Å². The van der Waals surface area contributed by atoms with Gasteiger partial charge in [-0.3, -0.25) is 0 Å². The number of hydrogen-bond donors (Lipinski definition) is 1. The van der Waals surface area contributed by atoms with Crippen LogP contribution in [0.5, 0.6) is 0 Å². The summed E-state index contributed by atoms with van der Waals surface area (Å²) in [5, 5.41) is 1.11. The predicted octanol–water partition coefficient (Wildman–Crippen LogP) is 2.26. The lowest BCUT2D eigenvalue weighted by atomic mass is 10.3. The van der Waals surface area contributed by atoms with Gasteiger partial charge in [0.25, 0.3) is 0 Å². The second-order valence-electron chi connectivity index (χ2n) is 3.96. The highest BCUT2D eigenvalue weighted by molar-refractivity contribution is 7.22. The Hall–Kier alpha value is -0.840. The molecule has 2 N–H and O–H groups in total. The third kappa shape index (κ3) is 2.00. The smallest absolute Gasteiger partial charge is 0.186 e. The Morgan fingerprint density at radius 3 is 2.88 bits per heavy atom. The van der Waals surface area contributed by atoms with Crippen molar-refractivity contribution < 1.29 is 0 Å². The van der Waals surface area contributed by atoms with Crippen LogP contribution in [0.1, 0.15) is 6.42 Å². The molecule has 16 heavy (non-hydrogen) atoms. The van der Waals surface area contributed by atoms with E-state index in [-0.39, 0.29) is 12.4 Å². The summed E-state index contributed by atoms with van der Waals surface area (Å²) >= 11 is 1.76. The monoisotopic (exact) mass is 255 g/mol. The minimum absolute atomic E-state index is 0. The van der Waals surface area contributed by atoms with Crippen LogP contribution >= 0.6 is 23.7 Å². The third-order valence-electron chi connectivity index (χ3n) is 2.78. The van der Waals surface area contributed by atoms with E-state index in [0.717, 1.165) is 30.2 Å². The van der Waals surface area contributed by atoms with Crippen LogP contribution in [0.15, 0.2) is 24.3 Å². The summed E-state index contributed by atoms with van der Waals surface area (Å²) in [7, 11) is 0. The van der Waals surface area contributed by atoms with Crippen LogP contribution in [0, 0.1) is 0 Å². The molecule has 0 spiro atoms. The third-order valence-corrected chi connectivity index (χ3v) is 3.88. The number of benzene rings is 1. The summed E-state index contributed by atoms with van der Waals surface area (Å²) in [6.45, 7) is 1.99. The lowest BCUT2D eigenvalue weighted by Crippen LogP contribution is -2.26. The molecule has 1 saturated heterocycles. The van der Waals surface area contributed by atoms with Crippen molar-refractivity contribution in [3.63, 3.8) is 0 Å². The van der Waals surface area contributed by atoms with Gasteiger partial charge in [-0.05, 0) is 18.6 Å². The molecule has 1 aliphatic heterocycles. The van der Waals surface area contributed by atoms with Crippen molar-refractivity contribution in [1.82, 2.24) is 4.98 Å². The number of anilines is 1. The average Bonchev–Trinajstić information content (AvgIpc) is 2.82. The molecule has 1 aromatic carbocycles. The van der Waals surface area contributed by atoms with E-state index in [0.29, 0.717) is 6.04 Å². The van der Waals surface area contributed by atoms with Crippen LogP contribution in [0.2, 0.25) is 0 Å². The van der Waals surface area contributed by atoms with E-state index in [1.54, 1.807) is 11.3 Å². The standard InChI is InChI=1S/C11H13N3S.ClH/c12-8-5-6-14(7-8)11-13-9-3-1-2-4-10(9)15-11;/h1-4,8H,5-7,12H2;1H. The molecule has 86 valence electrons. The average molecular weight is 256 g/mol. The highest BCUT2D eigenvalue weighted by Crippen LogP contribution is 2.30. The zero-order valence-electron chi connectivity index (χ0n) is 8.80. The quantitative estimate of drug-likeness (QED) is 0.850. The maximum Gasteiger partial charge on any atom is 0.186 e. The van der Waals surface area contributed by atoms with E-state index in [1.165, 1.54) is 4.70 Å². The molecule has 1 unspecified atom stereocenters. The second kappa shape index (κ2) is 4.57. The minimum atomic E-state index is 0.